The van der Waals surface area contributed by atoms with Crippen molar-refractivity contribution in [2.24, 2.45) is 0 Å². The summed E-state index contributed by atoms with van der Waals surface area (Å²) in [5.74, 6) is -0.189. The van der Waals surface area contributed by atoms with Gasteiger partial charge in [0.25, 0.3) is 5.97 Å². The second-order valence-corrected chi connectivity index (χ2v) is 4.41. The molecule has 1 aromatic carbocycles. The highest BCUT2D eigenvalue weighted by atomic mass is 16.6. The first-order chi connectivity index (χ1) is 6.97. The van der Waals surface area contributed by atoms with E-state index >= 15 is 0 Å². The molecule has 2 nitrogen and oxygen atoms in total. The number of carbonyl (C=O) groups is 1. The molecular formula is C12H16BO2. The van der Waals surface area contributed by atoms with Gasteiger partial charge in [-0.15, -0.1) is 0 Å². The van der Waals surface area contributed by atoms with Crippen molar-refractivity contribution in [3.8, 4) is 0 Å². The summed E-state index contributed by atoms with van der Waals surface area (Å²) in [6, 6.07) is 9.77. The topological polar surface area (TPSA) is 26.3 Å². The fourth-order valence-corrected chi connectivity index (χ4v) is 1.17. The Morgan fingerprint density at radius 2 is 1.87 bits per heavy atom. The van der Waals surface area contributed by atoms with Crippen LogP contribution in [0.4, 0.5) is 0 Å². The van der Waals surface area contributed by atoms with Crippen LogP contribution in [0.15, 0.2) is 30.3 Å². The largest absolute Gasteiger partial charge is 0.460 e. The van der Waals surface area contributed by atoms with Crippen molar-refractivity contribution < 1.29 is 9.53 Å². The molecule has 0 aliphatic carbocycles. The van der Waals surface area contributed by atoms with Crippen molar-refractivity contribution in [3.05, 3.63) is 30.3 Å². The predicted octanol–water partition coefficient (Wildman–Crippen LogP) is 1.78. The normalized spacial score (nSPS) is 10.9. The SMILES string of the molecule is CC(C)(C)OC(=O)C[B]c1ccccc1. The molecule has 79 valence electrons. The maximum atomic E-state index is 11.4. The van der Waals surface area contributed by atoms with Gasteiger partial charge in [-0.05, 0) is 20.8 Å². The van der Waals surface area contributed by atoms with Crippen LogP contribution in [0.3, 0.4) is 0 Å². The average Bonchev–Trinajstić information content (AvgIpc) is 2.14. The maximum Gasteiger partial charge on any atom is 0.298 e. The Kier molecular flexibility index (Phi) is 3.95. The molecule has 3 heteroatoms. The zero-order valence-corrected chi connectivity index (χ0v) is 9.49. The Morgan fingerprint density at radius 1 is 1.27 bits per heavy atom. The van der Waals surface area contributed by atoms with Gasteiger partial charge < -0.3 is 4.74 Å². The van der Waals surface area contributed by atoms with Crippen LogP contribution >= 0.6 is 0 Å². The van der Waals surface area contributed by atoms with Crippen molar-refractivity contribution in [2.45, 2.75) is 32.7 Å². The first-order valence-electron chi connectivity index (χ1n) is 5.07. The Hall–Kier alpha value is -1.25. The molecule has 0 fully saturated rings. The van der Waals surface area contributed by atoms with Crippen molar-refractivity contribution in [1.82, 2.24) is 0 Å². The first kappa shape index (κ1) is 11.8. The van der Waals surface area contributed by atoms with Gasteiger partial charge in [-0.3, -0.25) is 4.79 Å². The van der Waals surface area contributed by atoms with E-state index in [1.807, 2.05) is 58.4 Å². The molecule has 0 unspecified atom stereocenters. The summed E-state index contributed by atoms with van der Waals surface area (Å²) in [4.78, 5) is 11.4. The second-order valence-electron chi connectivity index (χ2n) is 4.41. The molecule has 0 atom stereocenters. The molecule has 0 saturated carbocycles. The summed E-state index contributed by atoms with van der Waals surface area (Å²) in [6.45, 7) is 5.61. The van der Waals surface area contributed by atoms with E-state index in [9.17, 15) is 4.79 Å². The van der Waals surface area contributed by atoms with Gasteiger partial charge in [0.2, 0.25) is 0 Å². The smallest absolute Gasteiger partial charge is 0.298 e. The second kappa shape index (κ2) is 5.01. The zero-order valence-electron chi connectivity index (χ0n) is 9.49. The van der Waals surface area contributed by atoms with Crippen LogP contribution in [0.5, 0.6) is 0 Å². The molecule has 0 amide bonds. The third-order valence-electron chi connectivity index (χ3n) is 1.72. The van der Waals surface area contributed by atoms with Gasteiger partial charge in [0.1, 0.15) is 5.60 Å². The van der Waals surface area contributed by atoms with Crippen molar-refractivity contribution in [3.63, 3.8) is 0 Å². The molecule has 0 aliphatic heterocycles. The number of carbonyl (C=O) groups excluding carboxylic acids is 1. The number of rotatable bonds is 3. The molecule has 0 aromatic heterocycles. The third-order valence-corrected chi connectivity index (χ3v) is 1.72. The molecule has 0 saturated heterocycles. The highest BCUT2D eigenvalue weighted by Crippen LogP contribution is 2.07. The molecule has 1 radical (unpaired) electrons. The van der Waals surface area contributed by atoms with E-state index < -0.39 is 5.60 Å². The highest BCUT2D eigenvalue weighted by molar-refractivity contribution is 6.56. The Bertz CT molecular complexity index is 314. The van der Waals surface area contributed by atoms with E-state index in [1.54, 1.807) is 0 Å². The zero-order chi connectivity index (χ0) is 11.3. The highest BCUT2D eigenvalue weighted by Gasteiger charge is 2.15. The number of hydrogen-bond donors (Lipinski definition) is 0. The number of ether oxygens (including phenoxy) is 1. The summed E-state index contributed by atoms with van der Waals surface area (Å²) in [5.41, 5.74) is 0.644. The average molecular weight is 203 g/mol. The van der Waals surface area contributed by atoms with E-state index in [0.717, 1.165) is 5.46 Å². The van der Waals surface area contributed by atoms with Crippen LogP contribution < -0.4 is 5.46 Å². The summed E-state index contributed by atoms with van der Waals surface area (Å²) < 4.78 is 5.19. The first-order valence-corrected chi connectivity index (χ1v) is 5.07. The lowest BCUT2D eigenvalue weighted by Crippen LogP contribution is -2.26. The quantitative estimate of drug-likeness (QED) is 0.552. The van der Waals surface area contributed by atoms with Gasteiger partial charge in [-0.25, -0.2) is 0 Å². The minimum atomic E-state index is -0.401. The van der Waals surface area contributed by atoms with Crippen molar-refractivity contribution in [1.29, 1.82) is 0 Å². The third kappa shape index (κ3) is 5.26. The minimum absolute atomic E-state index is 0.189. The van der Waals surface area contributed by atoms with Crippen LogP contribution in [-0.2, 0) is 9.53 Å². The van der Waals surface area contributed by atoms with E-state index in [0.29, 0.717) is 6.32 Å². The van der Waals surface area contributed by atoms with Gasteiger partial charge in [-0.1, -0.05) is 35.8 Å². The van der Waals surface area contributed by atoms with Crippen molar-refractivity contribution >= 4 is 18.7 Å². The molecule has 1 rings (SSSR count). The Morgan fingerprint density at radius 3 is 2.40 bits per heavy atom. The standard InChI is InChI=1S/C12H16BO2/c1-12(2,3)15-11(14)9-13-10-7-5-4-6-8-10/h4-8H,9H2,1-3H3. The molecular weight excluding hydrogens is 187 g/mol. The Balaban J connectivity index is 2.35. The lowest BCUT2D eigenvalue weighted by Gasteiger charge is -2.19. The fourth-order valence-electron chi connectivity index (χ4n) is 1.17. The number of esters is 1. The van der Waals surface area contributed by atoms with Gasteiger partial charge in [0.05, 0.1) is 0 Å². The van der Waals surface area contributed by atoms with Gasteiger partial charge in [0, 0.05) is 6.32 Å². The molecule has 0 spiro atoms. The molecule has 0 aliphatic rings. The predicted molar refractivity (Wildman–Crippen MR) is 62.5 cm³/mol. The van der Waals surface area contributed by atoms with Crippen molar-refractivity contribution in [2.75, 3.05) is 0 Å². The van der Waals surface area contributed by atoms with Gasteiger partial charge in [0.15, 0.2) is 7.28 Å². The maximum absolute atomic E-state index is 11.4. The summed E-state index contributed by atoms with van der Waals surface area (Å²) in [6.07, 6.45) is 0.321. The molecule has 0 bridgehead atoms. The van der Waals surface area contributed by atoms with Gasteiger partial charge in [-0.2, -0.15) is 0 Å². The molecule has 15 heavy (non-hydrogen) atoms. The number of benzene rings is 1. The lowest BCUT2D eigenvalue weighted by molar-refractivity contribution is -0.151. The van der Waals surface area contributed by atoms with Crippen LogP contribution in [0, 0.1) is 0 Å². The summed E-state index contributed by atoms with van der Waals surface area (Å²) in [5, 5.41) is 0. The van der Waals surface area contributed by atoms with Crippen LogP contribution in [0.25, 0.3) is 0 Å². The molecule has 1 aromatic rings. The van der Waals surface area contributed by atoms with Gasteiger partial charge >= 0.3 is 0 Å². The summed E-state index contributed by atoms with van der Waals surface area (Å²) in [7, 11) is 1.87. The lowest BCUT2D eigenvalue weighted by atomic mass is 9.67. The number of hydrogen-bond acceptors (Lipinski definition) is 2. The molecule has 0 heterocycles. The fraction of sp³-hybridized carbons (Fsp3) is 0.417. The molecule has 0 N–H and O–H groups in total. The Labute approximate surface area is 91.9 Å². The van der Waals surface area contributed by atoms with Crippen LogP contribution in [0.2, 0.25) is 6.32 Å². The monoisotopic (exact) mass is 203 g/mol. The van der Waals surface area contributed by atoms with Crippen LogP contribution in [-0.4, -0.2) is 18.8 Å². The summed E-state index contributed by atoms with van der Waals surface area (Å²) >= 11 is 0. The minimum Gasteiger partial charge on any atom is -0.460 e. The van der Waals surface area contributed by atoms with Crippen LogP contribution in [0.1, 0.15) is 20.8 Å². The van der Waals surface area contributed by atoms with E-state index in [4.69, 9.17) is 4.74 Å². The van der Waals surface area contributed by atoms with E-state index in [1.165, 1.54) is 0 Å². The van der Waals surface area contributed by atoms with E-state index in [2.05, 4.69) is 0 Å². The van der Waals surface area contributed by atoms with E-state index in [-0.39, 0.29) is 5.97 Å².